The molecule has 0 aliphatic heterocycles. The van der Waals surface area contributed by atoms with Gasteiger partial charge in [0.15, 0.2) is 0 Å². The lowest BCUT2D eigenvalue weighted by molar-refractivity contribution is 0.132. The normalized spacial score (nSPS) is 13.9. The smallest absolute Gasteiger partial charge is 0.143 e. The third-order valence-corrected chi connectivity index (χ3v) is 3.86. The van der Waals surface area contributed by atoms with Gasteiger partial charge < -0.3 is 15.9 Å². The maximum Gasteiger partial charge on any atom is 0.143 e. The molecule has 0 aliphatic rings. The van der Waals surface area contributed by atoms with Crippen LogP contribution in [0.1, 0.15) is 25.5 Å². The second kappa shape index (κ2) is 5.04. The lowest BCUT2D eigenvalue weighted by Crippen LogP contribution is -2.32. The fourth-order valence-electron chi connectivity index (χ4n) is 1.31. The summed E-state index contributed by atoms with van der Waals surface area (Å²) in [4.78, 5) is 0. The number of hydrogen-bond donors (Lipinski definition) is 3. The first-order chi connectivity index (χ1) is 7.29. The van der Waals surface area contributed by atoms with Crippen LogP contribution in [0.3, 0.4) is 0 Å². The van der Waals surface area contributed by atoms with E-state index in [4.69, 9.17) is 5.73 Å². The molecule has 0 radical (unpaired) electrons. The maximum absolute atomic E-state index is 9.59. The van der Waals surface area contributed by atoms with Crippen molar-refractivity contribution in [3.63, 3.8) is 0 Å². The van der Waals surface area contributed by atoms with Crippen molar-refractivity contribution in [3.05, 3.63) is 26.6 Å². The van der Waals surface area contributed by atoms with Gasteiger partial charge in [-0.25, -0.2) is 0 Å². The molecule has 1 aromatic rings. The third kappa shape index (κ3) is 2.77. The highest BCUT2D eigenvalue weighted by molar-refractivity contribution is 9.11. The van der Waals surface area contributed by atoms with Crippen LogP contribution in [0.5, 0.6) is 5.75 Å². The van der Waals surface area contributed by atoms with Crippen molar-refractivity contribution < 1.29 is 10.2 Å². The number of halogens is 2. The van der Waals surface area contributed by atoms with Crippen molar-refractivity contribution in [2.45, 2.75) is 19.9 Å². The van der Waals surface area contributed by atoms with Crippen molar-refractivity contribution in [2.75, 3.05) is 6.61 Å². The molecule has 90 valence electrons. The van der Waals surface area contributed by atoms with E-state index in [0.717, 1.165) is 5.56 Å². The van der Waals surface area contributed by atoms with Gasteiger partial charge in [-0.1, -0.05) is 13.8 Å². The van der Waals surface area contributed by atoms with Crippen LogP contribution in [-0.2, 0) is 0 Å². The predicted molar refractivity (Wildman–Crippen MR) is 71.3 cm³/mol. The van der Waals surface area contributed by atoms with Crippen LogP contribution >= 0.6 is 31.9 Å². The minimum Gasteiger partial charge on any atom is -0.506 e. The van der Waals surface area contributed by atoms with E-state index in [1.54, 1.807) is 12.1 Å². The van der Waals surface area contributed by atoms with Crippen molar-refractivity contribution in [1.29, 1.82) is 0 Å². The molecule has 0 heterocycles. The van der Waals surface area contributed by atoms with Gasteiger partial charge in [0.05, 0.1) is 8.95 Å². The Bertz CT molecular complexity index is 371. The van der Waals surface area contributed by atoms with E-state index in [0.29, 0.717) is 8.95 Å². The standard InChI is InChI=1S/C11H15Br2NO2/c1-11(2,5-15)10(14)6-3-7(12)9(16)8(13)4-6/h3-4,10,15-16H,5,14H2,1-2H3/t10-/m0/s1. The lowest BCUT2D eigenvalue weighted by Gasteiger charge is -2.30. The lowest BCUT2D eigenvalue weighted by atomic mass is 9.82. The summed E-state index contributed by atoms with van der Waals surface area (Å²) < 4.78 is 1.17. The molecular formula is C11H15Br2NO2. The molecule has 5 heteroatoms. The maximum atomic E-state index is 9.59. The molecule has 1 aromatic carbocycles. The van der Waals surface area contributed by atoms with Gasteiger partial charge in [-0.05, 0) is 49.6 Å². The summed E-state index contributed by atoms with van der Waals surface area (Å²) in [6.07, 6.45) is 0. The molecule has 0 unspecified atom stereocenters. The van der Waals surface area contributed by atoms with Crippen molar-refractivity contribution >= 4 is 31.9 Å². The second-order valence-electron chi connectivity index (χ2n) is 4.46. The highest BCUT2D eigenvalue weighted by Gasteiger charge is 2.27. The molecule has 0 spiro atoms. The largest absolute Gasteiger partial charge is 0.506 e. The number of hydrogen-bond acceptors (Lipinski definition) is 3. The van der Waals surface area contributed by atoms with E-state index in [2.05, 4.69) is 31.9 Å². The molecule has 0 amide bonds. The number of aliphatic hydroxyl groups excluding tert-OH is 1. The van der Waals surface area contributed by atoms with Crippen LogP contribution in [0.2, 0.25) is 0 Å². The number of aromatic hydroxyl groups is 1. The van der Waals surface area contributed by atoms with E-state index >= 15 is 0 Å². The van der Waals surface area contributed by atoms with Crippen molar-refractivity contribution in [3.8, 4) is 5.75 Å². The number of phenols is 1. The summed E-state index contributed by atoms with van der Waals surface area (Å²) in [6.45, 7) is 3.79. The Morgan fingerprint density at radius 2 is 1.75 bits per heavy atom. The average Bonchev–Trinajstić information content (AvgIpc) is 2.24. The number of aliphatic hydroxyl groups is 1. The molecule has 0 saturated heterocycles. The van der Waals surface area contributed by atoms with Crippen LogP contribution < -0.4 is 5.73 Å². The second-order valence-corrected chi connectivity index (χ2v) is 6.17. The zero-order chi connectivity index (χ0) is 12.5. The van der Waals surface area contributed by atoms with Gasteiger partial charge in [-0.15, -0.1) is 0 Å². The molecular weight excluding hydrogens is 338 g/mol. The van der Waals surface area contributed by atoms with Gasteiger partial charge in [0.25, 0.3) is 0 Å². The molecule has 0 aromatic heterocycles. The number of benzene rings is 1. The average molecular weight is 353 g/mol. The van der Waals surface area contributed by atoms with Gasteiger partial charge in [-0.2, -0.15) is 0 Å². The highest BCUT2D eigenvalue weighted by atomic mass is 79.9. The van der Waals surface area contributed by atoms with Gasteiger partial charge in [-0.3, -0.25) is 0 Å². The minimum absolute atomic E-state index is 0.00425. The first kappa shape index (κ1) is 14.0. The summed E-state index contributed by atoms with van der Waals surface area (Å²) in [5, 5.41) is 18.9. The van der Waals surface area contributed by atoms with Crippen LogP contribution in [0.25, 0.3) is 0 Å². The fraction of sp³-hybridized carbons (Fsp3) is 0.455. The number of nitrogens with two attached hydrogens (primary N) is 1. The van der Waals surface area contributed by atoms with Gasteiger partial charge in [0.2, 0.25) is 0 Å². The Balaban J connectivity index is 3.15. The van der Waals surface area contributed by atoms with E-state index in [1.807, 2.05) is 13.8 Å². The first-order valence-electron chi connectivity index (χ1n) is 4.84. The third-order valence-electron chi connectivity index (χ3n) is 2.65. The monoisotopic (exact) mass is 351 g/mol. The van der Waals surface area contributed by atoms with E-state index in [9.17, 15) is 10.2 Å². The molecule has 4 N–H and O–H groups in total. The molecule has 16 heavy (non-hydrogen) atoms. The molecule has 1 atom stereocenters. The molecule has 0 saturated carbocycles. The Morgan fingerprint density at radius 3 is 2.12 bits per heavy atom. The Labute approximate surface area is 112 Å². The number of phenolic OH excluding ortho intramolecular Hbond substituents is 1. The van der Waals surface area contributed by atoms with Crippen LogP contribution in [0.4, 0.5) is 0 Å². The highest BCUT2D eigenvalue weighted by Crippen LogP contribution is 2.38. The van der Waals surface area contributed by atoms with E-state index < -0.39 is 5.41 Å². The predicted octanol–water partition coefficient (Wildman–Crippen LogP) is 2.94. The minimum atomic E-state index is -0.407. The van der Waals surface area contributed by atoms with Crippen LogP contribution in [-0.4, -0.2) is 16.8 Å². The van der Waals surface area contributed by atoms with Crippen LogP contribution in [0, 0.1) is 5.41 Å². The van der Waals surface area contributed by atoms with Crippen molar-refractivity contribution in [1.82, 2.24) is 0 Å². The van der Waals surface area contributed by atoms with E-state index in [-0.39, 0.29) is 18.4 Å². The molecule has 1 rings (SSSR count). The Morgan fingerprint density at radius 1 is 1.31 bits per heavy atom. The van der Waals surface area contributed by atoms with Gasteiger partial charge in [0, 0.05) is 18.1 Å². The zero-order valence-electron chi connectivity index (χ0n) is 9.17. The zero-order valence-corrected chi connectivity index (χ0v) is 12.3. The summed E-state index contributed by atoms with van der Waals surface area (Å²) in [7, 11) is 0. The Hall–Kier alpha value is -0.100. The molecule has 0 fully saturated rings. The number of rotatable bonds is 3. The molecule has 3 nitrogen and oxygen atoms in total. The summed E-state index contributed by atoms with van der Waals surface area (Å²) in [5.41, 5.74) is 6.54. The van der Waals surface area contributed by atoms with Gasteiger partial charge in [0.1, 0.15) is 5.75 Å². The summed E-state index contributed by atoms with van der Waals surface area (Å²) in [6, 6.07) is 3.23. The Kier molecular flexibility index (Phi) is 4.40. The van der Waals surface area contributed by atoms with Crippen LogP contribution in [0.15, 0.2) is 21.1 Å². The summed E-state index contributed by atoms with van der Waals surface area (Å²) >= 11 is 6.51. The van der Waals surface area contributed by atoms with Gasteiger partial charge >= 0.3 is 0 Å². The topological polar surface area (TPSA) is 66.5 Å². The molecule has 0 bridgehead atoms. The SMILES string of the molecule is CC(C)(CO)[C@@H](N)c1cc(Br)c(O)c(Br)c1. The molecule has 0 aliphatic carbocycles. The first-order valence-corrected chi connectivity index (χ1v) is 6.42. The quantitative estimate of drug-likeness (QED) is 0.783. The van der Waals surface area contributed by atoms with Crippen molar-refractivity contribution in [2.24, 2.45) is 11.1 Å². The summed E-state index contributed by atoms with van der Waals surface area (Å²) in [5.74, 6) is 0.151. The fourth-order valence-corrected chi connectivity index (χ4v) is 2.54. The van der Waals surface area contributed by atoms with E-state index in [1.165, 1.54) is 0 Å².